The smallest absolute Gasteiger partial charge is 0.416 e. The molecule has 1 fully saturated rings. The summed E-state index contributed by atoms with van der Waals surface area (Å²) in [6.07, 6.45) is 0.0415. The fraction of sp³-hybridized carbons (Fsp3) is 0.312. The van der Waals surface area contributed by atoms with Crippen molar-refractivity contribution in [1.29, 1.82) is 0 Å². The number of aromatic nitrogens is 1. The van der Waals surface area contributed by atoms with Gasteiger partial charge in [-0.1, -0.05) is 71.9 Å². The van der Waals surface area contributed by atoms with E-state index in [-0.39, 0.29) is 12.0 Å². The second kappa shape index (κ2) is 11.2. The number of halogens is 3. The van der Waals surface area contributed by atoms with Crippen molar-refractivity contribution < 1.29 is 27.2 Å². The normalized spacial score (nSPS) is 14.9. The Hall–Kier alpha value is -4.07. The summed E-state index contributed by atoms with van der Waals surface area (Å²) in [6, 6.07) is 21.4. The number of carbonyl (C=O) groups excluding carboxylic acids is 1. The van der Waals surface area contributed by atoms with Gasteiger partial charge in [-0.25, -0.2) is 0 Å². The van der Waals surface area contributed by atoms with Crippen LogP contribution in [0.5, 0.6) is 0 Å². The first-order chi connectivity index (χ1) is 19.2. The highest BCUT2D eigenvalue weighted by Gasteiger charge is 2.52. The van der Waals surface area contributed by atoms with Crippen molar-refractivity contribution in [2.75, 3.05) is 11.9 Å². The molecule has 3 aromatic carbocycles. The van der Waals surface area contributed by atoms with Crippen LogP contribution in [0.3, 0.4) is 0 Å². The van der Waals surface area contributed by atoms with Crippen LogP contribution in [-0.2, 0) is 27.5 Å². The highest BCUT2D eigenvalue weighted by molar-refractivity contribution is 5.87. The van der Waals surface area contributed by atoms with Gasteiger partial charge in [0.15, 0.2) is 5.76 Å². The number of carbonyl (C=O) groups is 1. The molecule has 4 aromatic rings. The maximum Gasteiger partial charge on any atom is 0.416 e. The minimum atomic E-state index is -4.35. The summed E-state index contributed by atoms with van der Waals surface area (Å²) in [5.74, 6) is 0.450. The number of benzene rings is 3. The molecule has 0 aliphatic heterocycles. The van der Waals surface area contributed by atoms with E-state index in [0.717, 1.165) is 46.8 Å². The predicted molar refractivity (Wildman–Crippen MR) is 148 cm³/mol. The Labute approximate surface area is 231 Å². The molecule has 0 amide bonds. The van der Waals surface area contributed by atoms with Gasteiger partial charge in [0.05, 0.1) is 23.8 Å². The van der Waals surface area contributed by atoms with Crippen molar-refractivity contribution in [2.24, 2.45) is 0 Å². The van der Waals surface area contributed by atoms with E-state index in [9.17, 15) is 18.0 Å². The van der Waals surface area contributed by atoms with Crippen molar-refractivity contribution in [3.05, 3.63) is 95.7 Å². The fourth-order valence-corrected chi connectivity index (χ4v) is 4.98. The number of anilines is 1. The van der Waals surface area contributed by atoms with E-state index in [4.69, 9.17) is 9.26 Å². The van der Waals surface area contributed by atoms with E-state index in [1.165, 1.54) is 12.1 Å². The molecule has 1 N–H and O–H groups in total. The van der Waals surface area contributed by atoms with Gasteiger partial charge in [-0.3, -0.25) is 4.79 Å². The lowest BCUT2D eigenvalue weighted by Crippen LogP contribution is -2.23. The molecule has 208 valence electrons. The quantitative estimate of drug-likeness (QED) is 0.203. The number of hydrogen-bond acceptors (Lipinski definition) is 5. The van der Waals surface area contributed by atoms with Crippen LogP contribution in [0.1, 0.15) is 49.8 Å². The molecule has 0 spiro atoms. The summed E-state index contributed by atoms with van der Waals surface area (Å²) in [7, 11) is 0. The molecule has 1 heterocycles. The van der Waals surface area contributed by atoms with Crippen LogP contribution in [0.25, 0.3) is 22.5 Å². The first-order valence-electron chi connectivity index (χ1n) is 13.5. The zero-order chi connectivity index (χ0) is 28.3. The third kappa shape index (κ3) is 5.91. The molecular weight excluding hydrogens is 517 g/mol. The van der Waals surface area contributed by atoms with E-state index in [0.29, 0.717) is 30.8 Å². The Morgan fingerprint density at radius 3 is 2.30 bits per heavy atom. The highest BCUT2D eigenvalue weighted by Crippen LogP contribution is 2.49. The summed E-state index contributed by atoms with van der Waals surface area (Å²) in [4.78, 5) is 12.4. The van der Waals surface area contributed by atoms with Gasteiger partial charge in [0.1, 0.15) is 5.69 Å². The zero-order valence-electron chi connectivity index (χ0n) is 22.4. The standard InChI is InChI=1S/C32H31F3N2O3/c1-3-39-30(38)31(17-18-31)26-15-13-24(14-16-26)23-9-11-25(12-10-23)29-28(20-36-40-29)37-21(2)7-8-22-5-4-6-27(19-22)32(33,34)35/h4-6,9-16,19-21,37H,3,7-8,17-18H2,1-2H3. The van der Waals surface area contributed by atoms with Gasteiger partial charge in [-0.15, -0.1) is 0 Å². The van der Waals surface area contributed by atoms with Crippen LogP contribution in [0.4, 0.5) is 18.9 Å². The monoisotopic (exact) mass is 548 g/mol. The molecule has 1 unspecified atom stereocenters. The minimum Gasteiger partial charge on any atom is -0.465 e. The lowest BCUT2D eigenvalue weighted by Gasteiger charge is -2.15. The number of esters is 1. The Morgan fingerprint density at radius 2 is 1.68 bits per heavy atom. The van der Waals surface area contributed by atoms with Crippen molar-refractivity contribution in [2.45, 2.75) is 57.2 Å². The van der Waals surface area contributed by atoms with Crippen LogP contribution < -0.4 is 5.32 Å². The zero-order valence-corrected chi connectivity index (χ0v) is 22.4. The third-order valence-corrected chi connectivity index (χ3v) is 7.43. The van der Waals surface area contributed by atoms with E-state index >= 15 is 0 Å². The highest BCUT2D eigenvalue weighted by atomic mass is 19.4. The van der Waals surface area contributed by atoms with E-state index in [1.54, 1.807) is 12.3 Å². The molecule has 1 aliphatic carbocycles. The topological polar surface area (TPSA) is 64.4 Å². The Morgan fingerprint density at radius 1 is 1.02 bits per heavy atom. The van der Waals surface area contributed by atoms with Gasteiger partial charge in [0.25, 0.3) is 0 Å². The summed E-state index contributed by atoms with van der Waals surface area (Å²) >= 11 is 0. The molecule has 1 aliphatic rings. The molecule has 1 atom stereocenters. The fourth-order valence-electron chi connectivity index (χ4n) is 4.98. The molecule has 1 aromatic heterocycles. The summed E-state index contributed by atoms with van der Waals surface area (Å²) < 4.78 is 49.8. The van der Waals surface area contributed by atoms with Crippen molar-refractivity contribution >= 4 is 11.7 Å². The first-order valence-corrected chi connectivity index (χ1v) is 13.5. The third-order valence-electron chi connectivity index (χ3n) is 7.43. The van der Waals surface area contributed by atoms with Crippen LogP contribution in [0, 0.1) is 0 Å². The number of aryl methyl sites for hydroxylation is 1. The van der Waals surface area contributed by atoms with Gasteiger partial charge < -0.3 is 14.6 Å². The largest absolute Gasteiger partial charge is 0.465 e. The van der Waals surface area contributed by atoms with Crippen molar-refractivity contribution in [3.8, 4) is 22.5 Å². The Kier molecular flexibility index (Phi) is 7.70. The number of nitrogens with zero attached hydrogens (tertiary/aromatic N) is 1. The van der Waals surface area contributed by atoms with Crippen LogP contribution in [0.2, 0.25) is 0 Å². The van der Waals surface area contributed by atoms with Gasteiger partial charge >= 0.3 is 12.1 Å². The average Bonchev–Trinajstić information content (AvgIpc) is 3.65. The number of nitrogens with one attached hydrogen (secondary N) is 1. The lowest BCUT2D eigenvalue weighted by atomic mass is 9.93. The Balaban J connectivity index is 1.22. The van der Waals surface area contributed by atoms with Crippen LogP contribution >= 0.6 is 0 Å². The second-order valence-corrected chi connectivity index (χ2v) is 10.3. The summed E-state index contributed by atoms with van der Waals surface area (Å²) in [5.41, 5.74) is 4.16. The maximum absolute atomic E-state index is 13.0. The molecule has 8 heteroatoms. The Bertz CT molecular complexity index is 1460. The first kappa shape index (κ1) is 27.5. The molecular formula is C32H31F3N2O3. The second-order valence-electron chi connectivity index (χ2n) is 10.3. The molecule has 5 rings (SSSR count). The summed E-state index contributed by atoms with van der Waals surface area (Å²) in [6.45, 7) is 4.18. The van der Waals surface area contributed by atoms with Gasteiger partial charge in [-0.05, 0) is 67.9 Å². The van der Waals surface area contributed by atoms with Crippen molar-refractivity contribution in [3.63, 3.8) is 0 Å². The molecule has 1 saturated carbocycles. The molecule has 5 nitrogen and oxygen atoms in total. The van der Waals surface area contributed by atoms with E-state index < -0.39 is 17.2 Å². The molecule has 0 bridgehead atoms. The van der Waals surface area contributed by atoms with Crippen molar-refractivity contribution in [1.82, 2.24) is 5.16 Å². The predicted octanol–water partition coefficient (Wildman–Crippen LogP) is 8.06. The van der Waals surface area contributed by atoms with Crippen LogP contribution in [0.15, 0.2) is 83.5 Å². The van der Waals surface area contributed by atoms with Crippen LogP contribution in [-0.4, -0.2) is 23.8 Å². The average molecular weight is 549 g/mol. The van der Waals surface area contributed by atoms with Gasteiger partial charge in [-0.2, -0.15) is 13.2 Å². The van der Waals surface area contributed by atoms with E-state index in [1.807, 2.05) is 62.4 Å². The van der Waals surface area contributed by atoms with E-state index in [2.05, 4.69) is 10.5 Å². The number of rotatable bonds is 10. The molecule has 0 saturated heterocycles. The van der Waals surface area contributed by atoms with Gasteiger partial charge in [0.2, 0.25) is 0 Å². The molecule has 40 heavy (non-hydrogen) atoms. The number of alkyl halides is 3. The minimum absolute atomic E-state index is 0.0187. The maximum atomic E-state index is 13.0. The summed E-state index contributed by atoms with van der Waals surface area (Å²) in [5, 5.41) is 7.33. The number of ether oxygens (including phenoxy) is 1. The SMILES string of the molecule is CCOC(=O)C1(c2ccc(-c3ccc(-c4oncc4NC(C)CCc4cccc(C(F)(F)F)c4)cc3)cc2)CC1. The number of hydrogen-bond donors (Lipinski definition) is 1. The van der Waals surface area contributed by atoms with Gasteiger partial charge in [0, 0.05) is 11.6 Å². The lowest BCUT2D eigenvalue weighted by molar-refractivity contribution is -0.146. The molecule has 0 radical (unpaired) electrons.